The molecule has 1 unspecified atom stereocenters. The molecule has 0 amide bonds. The van der Waals surface area contributed by atoms with Gasteiger partial charge in [-0.3, -0.25) is 0 Å². The molecule has 0 aliphatic carbocycles. The maximum absolute atomic E-state index is 5.88. The van der Waals surface area contributed by atoms with Crippen LogP contribution in [-0.4, -0.2) is 24.7 Å². The highest BCUT2D eigenvalue weighted by Crippen LogP contribution is 2.21. The molecule has 4 heteroatoms. The Balaban J connectivity index is 2.21. The molecule has 1 aromatic rings. The lowest BCUT2D eigenvalue weighted by Crippen LogP contribution is -2.33. The van der Waals surface area contributed by atoms with E-state index in [0.717, 1.165) is 31.0 Å². The molecule has 0 radical (unpaired) electrons. The Morgan fingerprint density at radius 1 is 1.57 bits per heavy atom. The second-order valence-electron chi connectivity index (χ2n) is 3.43. The van der Waals surface area contributed by atoms with Gasteiger partial charge in [-0.25, -0.2) is 4.98 Å². The van der Waals surface area contributed by atoms with Crippen LogP contribution in [0.4, 0.5) is 0 Å². The summed E-state index contributed by atoms with van der Waals surface area (Å²) in [6, 6.07) is 3.88. The first kappa shape index (κ1) is 9.90. The Hall–Kier alpha value is -0.640. The number of aryl methyl sites for hydroxylation is 1. The molecule has 76 valence electrons. The third-order valence-corrected chi connectivity index (χ3v) is 2.44. The van der Waals surface area contributed by atoms with Gasteiger partial charge in [-0.15, -0.1) is 0 Å². The summed E-state index contributed by atoms with van der Waals surface area (Å²) in [6.07, 6.45) is 0.114. The Bertz CT molecular complexity index is 304. The number of ether oxygens (including phenoxy) is 1. The molecule has 0 bridgehead atoms. The number of halogens is 1. The highest BCUT2D eigenvalue weighted by molar-refractivity contribution is 6.29. The first-order valence-electron chi connectivity index (χ1n) is 4.72. The molecule has 1 atom stereocenters. The predicted octanol–water partition coefficient (Wildman–Crippen LogP) is 1.70. The highest BCUT2D eigenvalue weighted by atomic mass is 35.5. The molecule has 2 rings (SSSR count). The molecule has 1 saturated heterocycles. The normalized spacial score (nSPS) is 22.3. The Morgan fingerprint density at radius 2 is 2.43 bits per heavy atom. The molecule has 14 heavy (non-hydrogen) atoms. The monoisotopic (exact) mass is 212 g/mol. The second kappa shape index (κ2) is 4.26. The average Bonchev–Trinajstić information content (AvgIpc) is 2.18. The van der Waals surface area contributed by atoms with Gasteiger partial charge < -0.3 is 10.1 Å². The number of nitrogens with zero attached hydrogens (tertiary/aromatic N) is 1. The van der Waals surface area contributed by atoms with Crippen LogP contribution >= 0.6 is 11.6 Å². The van der Waals surface area contributed by atoms with E-state index < -0.39 is 0 Å². The van der Waals surface area contributed by atoms with Crippen molar-refractivity contribution in [2.75, 3.05) is 19.7 Å². The topological polar surface area (TPSA) is 34.1 Å². The van der Waals surface area contributed by atoms with Gasteiger partial charge >= 0.3 is 0 Å². The number of aromatic nitrogens is 1. The van der Waals surface area contributed by atoms with E-state index in [4.69, 9.17) is 16.3 Å². The van der Waals surface area contributed by atoms with Gasteiger partial charge in [0.25, 0.3) is 0 Å². The van der Waals surface area contributed by atoms with E-state index in [1.54, 1.807) is 0 Å². The van der Waals surface area contributed by atoms with Crippen molar-refractivity contribution in [3.63, 3.8) is 0 Å². The van der Waals surface area contributed by atoms with Crippen LogP contribution in [0.5, 0.6) is 0 Å². The molecule has 0 spiro atoms. The lowest BCUT2D eigenvalue weighted by atomic mass is 10.1. The summed E-state index contributed by atoms with van der Waals surface area (Å²) in [5, 5.41) is 3.82. The van der Waals surface area contributed by atoms with E-state index in [2.05, 4.69) is 10.3 Å². The first-order valence-corrected chi connectivity index (χ1v) is 5.10. The fourth-order valence-corrected chi connectivity index (χ4v) is 1.88. The van der Waals surface area contributed by atoms with Gasteiger partial charge in [-0.1, -0.05) is 11.6 Å². The van der Waals surface area contributed by atoms with E-state index in [0.29, 0.717) is 5.15 Å². The fourth-order valence-electron chi connectivity index (χ4n) is 1.62. The molecule has 1 aliphatic rings. The van der Waals surface area contributed by atoms with Crippen LogP contribution in [0.2, 0.25) is 5.15 Å². The number of pyridine rings is 1. The maximum Gasteiger partial charge on any atom is 0.129 e. The molecule has 1 N–H and O–H groups in total. The molecule has 0 aromatic carbocycles. The maximum atomic E-state index is 5.88. The van der Waals surface area contributed by atoms with Crippen LogP contribution < -0.4 is 5.32 Å². The van der Waals surface area contributed by atoms with Crippen LogP contribution in [0.1, 0.15) is 17.4 Å². The van der Waals surface area contributed by atoms with Gasteiger partial charge in [-0.05, 0) is 24.6 Å². The first-order chi connectivity index (χ1) is 6.75. The summed E-state index contributed by atoms with van der Waals surface area (Å²) in [4.78, 5) is 4.12. The van der Waals surface area contributed by atoms with Gasteiger partial charge in [0.1, 0.15) is 5.15 Å². The second-order valence-corrected chi connectivity index (χ2v) is 3.82. The fraction of sp³-hybridized carbons (Fsp3) is 0.500. The van der Waals surface area contributed by atoms with Crippen LogP contribution in [0.15, 0.2) is 12.1 Å². The third kappa shape index (κ3) is 2.23. The van der Waals surface area contributed by atoms with Crippen LogP contribution in [0.3, 0.4) is 0 Å². The quantitative estimate of drug-likeness (QED) is 0.720. The van der Waals surface area contributed by atoms with Crippen molar-refractivity contribution in [1.82, 2.24) is 10.3 Å². The van der Waals surface area contributed by atoms with Crippen molar-refractivity contribution in [3.05, 3.63) is 28.5 Å². The Morgan fingerprint density at radius 3 is 3.07 bits per heavy atom. The van der Waals surface area contributed by atoms with Gasteiger partial charge in [0.05, 0.1) is 12.7 Å². The largest absolute Gasteiger partial charge is 0.371 e. The molecule has 1 aromatic heterocycles. The number of nitrogens with one attached hydrogen (secondary N) is 1. The standard InChI is InChI=1S/C10H13ClN2O/c1-7-4-8(5-10(11)13-7)9-6-12-2-3-14-9/h4-5,9,12H,2-3,6H2,1H3. The molecular weight excluding hydrogens is 200 g/mol. The van der Waals surface area contributed by atoms with E-state index >= 15 is 0 Å². The van der Waals surface area contributed by atoms with Crippen molar-refractivity contribution >= 4 is 11.6 Å². The van der Waals surface area contributed by atoms with Gasteiger partial charge in [0, 0.05) is 18.8 Å². The molecule has 3 nitrogen and oxygen atoms in total. The van der Waals surface area contributed by atoms with E-state index in [9.17, 15) is 0 Å². The highest BCUT2D eigenvalue weighted by Gasteiger charge is 2.16. The smallest absolute Gasteiger partial charge is 0.129 e. The zero-order valence-electron chi connectivity index (χ0n) is 8.09. The summed E-state index contributed by atoms with van der Waals surface area (Å²) >= 11 is 5.88. The van der Waals surface area contributed by atoms with Crippen molar-refractivity contribution in [1.29, 1.82) is 0 Å². The summed E-state index contributed by atoms with van der Waals surface area (Å²) in [5.74, 6) is 0. The zero-order chi connectivity index (χ0) is 9.97. The van der Waals surface area contributed by atoms with Gasteiger partial charge in [-0.2, -0.15) is 0 Å². The molecule has 0 saturated carbocycles. The van der Waals surface area contributed by atoms with E-state index in [-0.39, 0.29) is 6.10 Å². The Kier molecular flexibility index (Phi) is 3.01. The van der Waals surface area contributed by atoms with Crippen LogP contribution in [-0.2, 0) is 4.74 Å². The van der Waals surface area contributed by atoms with E-state index in [1.165, 1.54) is 0 Å². The summed E-state index contributed by atoms with van der Waals surface area (Å²) in [7, 11) is 0. The van der Waals surface area contributed by atoms with E-state index in [1.807, 2.05) is 19.1 Å². The molecule has 1 aliphatic heterocycles. The lowest BCUT2D eigenvalue weighted by Gasteiger charge is -2.24. The van der Waals surface area contributed by atoms with Crippen molar-refractivity contribution in [3.8, 4) is 0 Å². The molecular formula is C10H13ClN2O. The Labute approximate surface area is 88.4 Å². The SMILES string of the molecule is Cc1cc(C2CNCCO2)cc(Cl)n1. The van der Waals surface area contributed by atoms with Crippen LogP contribution in [0, 0.1) is 6.92 Å². The van der Waals surface area contributed by atoms with Gasteiger partial charge in [0.2, 0.25) is 0 Å². The van der Waals surface area contributed by atoms with Gasteiger partial charge in [0.15, 0.2) is 0 Å². The molecule has 1 fully saturated rings. The lowest BCUT2D eigenvalue weighted by molar-refractivity contribution is 0.0276. The third-order valence-electron chi connectivity index (χ3n) is 2.24. The zero-order valence-corrected chi connectivity index (χ0v) is 8.84. The van der Waals surface area contributed by atoms with Crippen molar-refractivity contribution in [2.45, 2.75) is 13.0 Å². The van der Waals surface area contributed by atoms with Crippen molar-refractivity contribution in [2.24, 2.45) is 0 Å². The molecule has 2 heterocycles. The number of hydrogen-bond acceptors (Lipinski definition) is 3. The number of rotatable bonds is 1. The predicted molar refractivity (Wildman–Crippen MR) is 55.5 cm³/mol. The number of morpholine rings is 1. The average molecular weight is 213 g/mol. The minimum absolute atomic E-state index is 0.114. The summed E-state index contributed by atoms with van der Waals surface area (Å²) in [6.45, 7) is 4.46. The minimum atomic E-state index is 0.114. The summed E-state index contributed by atoms with van der Waals surface area (Å²) in [5.41, 5.74) is 2.04. The number of hydrogen-bond donors (Lipinski definition) is 1. The van der Waals surface area contributed by atoms with Crippen molar-refractivity contribution < 1.29 is 4.74 Å². The summed E-state index contributed by atoms with van der Waals surface area (Å²) < 4.78 is 5.63. The minimum Gasteiger partial charge on any atom is -0.371 e. The van der Waals surface area contributed by atoms with Crippen LogP contribution in [0.25, 0.3) is 0 Å².